The molecule has 0 aliphatic carbocycles. The lowest BCUT2D eigenvalue weighted by molar-refractivity contribution is 0.112. The van der Waals surface area contributed by atoms with Crippen LogP contribution >= 0.6 is 11.8 Å². The van der Waals surface area contributed by atoms with Gasteiger partial charge in [-0.25, -0.2) is 0 Å². The van der Waals surface area contributed by atoms with Gasteiger partial charge in [-0.15, -0.1) is 6.58 Å². The van der Waals surface area contributed by atoms with E-state index in [1.54, 1.807) is 0 Å². The summed E-state index contributed by atoms with van der Waals surface area (Å²) in [5, 5.41) is 3.34. The first-order valence-electron chi connectivity index (χ1n) is 5.24. The van der Waals surface area contributed by atoms with Gasteiger partial charge in [-0.05, 0) is 5.92 Å². The van der Waals surface area contributed by atoms with Crippen LogP contribution in [-0.4, -0.2) is 37.8 Å². The molecule has 0 heterocycles. The normalized spacial score (nSPS) is 10.8. The van der Waals surface area contributed by atoms with Crippen molar-refractivity contribution in [3.63, 3.8) is 0 Å². The van der Waals surface area contributed by atoms with E-state index in [9.17, 15) is 0 Å². The first-order chi connectivity index (χ1) is 6.77. The standard InChI is InChI=1S/C11H23NOS/c1-4-8-14-9-6-12-5-7-13-10-11(2)3/h4,11-12H,1,5-10H2,2-3H3. The summed E-state index contributed by atoms with van der Waals surface area (Å²) in [4.78, 5) is 0. The molecule has 0 aromatic heterocycles. The molecule has 0 atom stereocenters. The van der Waals surface area contributed by atoms with Gasteiger partial charge in [0.25, 0.3) is 0 Å². The average molecular weight is 217 g/mol. The fraction of sp³-hybridized carbons (Fsp3) is 0.818. The van der Waals surface area contributed by atoms with Crippen molar-refractivity contribution in [1.29, 1.82) is 0 Å². The van der Waals surface area contributed by atoms with Crippen molar-refractivity contribution in [2.24, 2.45) is 5.92 Å². The second-order valence-corrected chi connectivity index (χ2v) is 4.73. The van der Waals surface area contributed by atoms with Gasteiger partial charge >= 0.3 is 0 Å². The van der Waals surface area contributed by atoms with Crippen molar-refractivity contribution >= 4 is 11.8 Å². The molecule has 84 valence electrons. The van der Waals surface area contributed by atoms with Crippen LogP contribution in [0.3, 0.4) is 0 Å². The molecule has 3 heteroatoms. The Labute approximate surface area is 92.5 Å². The number of rotatable bonds is 10. The van der Waals surface area contributed by atoms with E-state index in [1.807, 2.05) is 17.8 Å². The van der Waals surface area contributed by atoms with Crippen molar-refractivity contribution in [3.8, 4) is 0 Å². The number of thioether (sulfide) groups is 1. The van der Waals surface area contributed by atoms with Crippen LogP contribution in [0.15, 0.2) is 12.7 Å². The molecular formula is C11H23NOS. The maximum Gasteiger partial charge on any atom is 0.0591 e. The Balaban J connectivity index is 2.88. The summed E-state index contributed by atoms with van der Waals surface area (Å²) in [6.07, 6.45) is 1.94. The predicted molar refractivity (Wildman–Crippen MR) is 66.0 cm³/mol. The third kappa shape index (κ3) is 12.0. The summed E-state index contributed by atoms with van der Waals surface area (Å²) in [6, 6.07) is 0. The van der Waals surface area contributed by atoms with E-state index in [-0.39, 0.29) is 0 Å². The highest BCUT2D eigenvalue weighted by Crippen LogP contribution is 1.96. The molecule has 0 aromatic carbocycles. The molecule has 0 radical (unpaired) electrons. The van der Waals surface area contributed by atoms with Crippen molar-refractivity contribution < 1.29 is 4.74 Å². The lowest BCUT2D eigenvalue weighted by Gasteiger charge is -2.07. The Morgan fingerprint density at radius 1 is 1.43 bits per heavy atom. The van der Waals surface area contributed by atoms with E-state index in [2.05, 4.69) is 25.7 Å². The van der Waals surface area contributed by atoms with Crippen LogP contribution in [0.5, 0.6) is 0 Å². The Kier molecular flexibility index (Phi) is 11.1. The van der Waals surface area contributed by atoms with Crippen LogP contribution in [0.1, 0.15) is 13.8 Å². The van der Waals surface area contributed by atoms with Gasteiger partial charge in [-0.1, -0.05) is 19.9 Å². The maximum absolute atomic E-state index is 5.44. The monoisotopic (exact) mass is 217 g/mol. The molecule has 1 N–H and O–H groups in total. The minimum absolute atomic E-state index is 0.637. The molecule has 0 spiro atoms. The largest absolute Gasteiger partial charge is 0.380 e. The minimum Gasteiger partial charge on any atom is -0.380 e. The van der Waals surface area contributed by atoms with Crippen LogP contribution in [-0.2, 0) is 4.74 Å². The number of ether oxygens (including phenoxy) is 1. The van der Waals surface area contributed by atoms with Crippen molar-refractivity contribution in [2.45, 2.75) is 13.8 Å². The van der Waals surface area contributed by atoms with Gasteiger partial charge in [0.15, 0.2) is 0 Å². The highest BCUT2D eigenvalue weighted by Gasteiger charge is 1.93. The Morgan fingerprint density at radius 3 is 2.86 bits per heavy atom. The molecule has 0 aliphatic heterocycles. The first kappa shape index (κ1) is 14.0. The lowest BCUT2D eigenvalue weighted by Crippen LogP contribution is -2.23. The Hall–Kier alpha value is 0.01000. The zero-order valence-electron chi connectivity index (χ0n) is 9.42. The molecule has 0 bridgehead atoms. The highest BCUT2D eigenvalue weighted by molar-refractivity contribution is 7.99. The number of hydrogen-bond donors (Lipinski definition) is 1. The van der Waals surface area contributed by atoms with Gasteiger partial charge in [-0.2, -0.15) is 11.8 Å². The van der Waals surface area contributed by atoms with Gasteiger partial charge in [-0.3, -0.25) is 0 Å². The number of nitrogens with one attached hydrogen (secondary N) is 1. The second-order valence-electron chi connectivity index (χ2n) is 3.58. The topological polar surface area (TPSA) is 21.3 Å². The van der Waals surface area contributed by atoms with E-state index >= 15 is 0 Å². The van der Waals surface area contributed by atoms with Crippen molar-refractivity contribution in [3.05, 3.63) is 12.7 Å². The van der Waals surface area contributed by atoms with Crippen LogP contribution < -0.4 is 5.32 Å². The fourth-order valence-corrected chi connectivity index (χ4v) is 1.52. The summed E-state index contributed by atoms with van der Waals surface area (Å²) in [6.45, 7) is 11.7. The SMILES string of the molecule is C=CCSCCNCCOCC(C)C. The highest BCUT2D eigenvalue weighted by atomic mass is 32.2. The average Bonchev–Trinajstić information content (AvgIpc) is 2.15. The smallest absolute Gasteiger partial charge is 0.0591 e. The third-order valence-corrected chi connectivity index (χ3v) is 2.50. The van der Waals surface area contributed by atoms with Gasteiger partial charge in [0.05, 0.1) is 6.61 Å². The van der Waals surface area contributed by atoms with Gasteiger partial charge < -0.3 is 10.1 Å². The van der Waals surface area contributed by atoms with Gasteiger partial charge in [0.1, 0.15) is 0 Å². The minimum atomic E-state index is 0.637. The Morgan fingerprint density at radius 2 is 2.21 bits per heavy atom. The van der Waals surface area contributed by atoms with Crippen molar-refractivity contribution in [1.82, 2.24) is 5.32 Å². The third-order valence-electron chi connectivity index (χ3n) is 1.53. The zero-order chi connectivity index (χ0) is 10.6. The molecule has 0 aliphatic rings. The lowest BCUT2D eigenvalue weighted by atomic mass is 10.2. The quantitative estimate of drug-likeness (QED) is 0.447. The summed E-state index contributed by atoms with van der Waals surface area (Å²) >= 11 is 1.90. The Bertz CT molecular complexity index is 128. The summed E-state index contributed by atoms with van der Waals surface area (Å²) in [5.41, 5.74) is 0. The molecule has 0 aromatic rings. The van der Waals surface area contributed by atoms with E-state index in [0.717, 1.165) is 37.8 Å². The van der Waals surface area contributed by atoms with E-state index in [1.165, 1.54) is 0 Å². The van der Waals surface area contributed by atoms with Gasteiger partial charge in [0.2, 0.25) is 0 Å². The maximum atomic E-state index is 5.44. The van der Waals surface area contributed by atoms with E-state index < -0.39 is 0 Å². The predicted octanol–water partition coefficient (Wildman–Crippen LogP) is 2.17. The molecule has 14 heavy (non-hydrogen) atoms. The van der Waals surface area contributed by atoms with E-state index in [4.69, 9.17) is 4.74 Å². The summed E-state index contributed by atoms with van der Waals surface area (Å²) < 4.78 is 5.44. The summed E-state index contributed by atoms with van der Waals surface area (Å²) in [5.74, 6) is 2.83. The molecule has 0 unspecified atom stereocenters. The van der Waals surface area contributed by atoms with E-state index in [0.29, 0.717) is 5.92 Å². The summed E-state index contributed by atoms with van der Waals surface area (Å²) in [7, 11) is 0. The van der Waals surface area contributed by atoms with Crippen LogP contribution in [0.2, 0.25) is 0 Å². The first-order valence-corrected chi connectivity index (χ1v) is 6.40. The molecule has 0 saturated heterocycles. The van der Waals surface area contributed by atoms with Gasteiger partial charge in [0, 0.05) is 31.2 Å². The molecule has 2 nitrogen and oxygen atoms in total. The van der Waals surface area contributed by atoms with Crippen LogP contribution in [0.4, 0.5) is 0 Å². The van der Waals surface area contributed by atoms with Crippen LogP contribution in [0, 0.1) is 5.92 Å². The molecule has 0 amide bonds. The molecule has 0 fully saturated rings. The second kappa shape index (κ2) is 11.1. The number of hydrogen-bond acceptors (Lipinski definition) is 3. The van der Waals surface area contributed by atoms with Crippen LogP contribution in [0.25, 0.3) is 0 Å². The fourth-order valence-electron chi connectivity index (χ4n) is 0.899. The van der Waals surface area contributed by atoms with Crippen molar-refractivity contribution in [2.75, 3.05) is 37.8 Å². The molecule has 0 saturated carbocycles. The molecule has 0 rings (SSSR count). The zero-order valence-corrected chi connectivity index (χ0v) is 10.2. The molecular weight excluding hydrogens is 194 g/mol.